The molecule has 5 heteroatoms. The van der Waals surface area contributed by atoms with Gasteiger partial charge in [-0.15, -0.1) is 16.4 Å². The zero-order valence-corrected chi connectivity index (χ0v) is 14.5. The molecule has 0 saturated carbocycles. The van der Waals surface area contributed by atoms with Gasteiger partial charge in [-0.1, -0.05) is 32.2 Å². The van der Waals surface area contributed by atoms with E-state index in [1.165, 1.54) is 26.9 Å². The van der Waals surface area contributed by atoms with Gasteiger partial charge in [0.25, 0.3) is 0 Å². The molecular formula is C15H23N3S2. The fourth-order valence-electron chi connectivity index (χ4n) is 2.23. The molecule has 3 nitrogen and oxygen atoms in total. The van der Waals surface area contributed by atoms with Crippen LogP contribution in [0, 0.1) is 6.92 Å². The van der Waals surface area contributed by atoms with Crippen molar-refractivity contribution in [3.8, 4) is 0 Å². The second-order valence-corrected chi connectivity index (χ2v) is 7.96. The quantitative estimate of drug-likeness (QED) is 0.895. The van der Waals surface area contributed by atoms with Crippen molar-refractivity contribution in [1.82, 2.24) is 14.9 Å². The molecule has 1 unspecified atom stereocenters. The average Bonchev–Trinajstić information content (AvgIpc) is 2.99. The second-order valence-electron chi connectivity index (χ2n) is 6.06. The SMILES string of the molecule is CCCNC(c1ccsc1C)c1snnc1C(C)(C)C. The summed E-state index contributed by atoms with van der Waals surface area (Å²) in [6, 6.07) is 2.44. The minimum Gasteiger partial charge on any atom is -0.305 e. The molecule has 0 aliphatic rings. The van der Waals surface area contributed by atoms with Crippen molar-refractivity contribution in [3.63, 3.8) is 0 Å². The van der Waals surface area contributed by atoms with E-state index in [0.717, 1.165) is 18.7 Å². The molecule has 0 bridgehead atoms. The molecule has 0 saturated heterocycles. The Bertz CT molecular complexity index is 551. The number of thiophene rings is 1. The van der Waals surface area contributed by atoms with Crippen LogP contribution < -0.4 is 5.32 Å². The third-order valence-corrected chi connectivity index (χ3v) is 4.94. The highest BCUT2D eigenvalue weighted by molar-refractivity contribution is 7.10. The van der Waals surface area contributed by atoms with Gasteiger partial charge in [0.1, 0.15) is 0 Å². The first-order valence-electron chi connectivity index (χ1n) is 7.05. The van der Waals surface area contributed by atoms with Crippen molar-refractivity contribution >= 4 is 22.9 Å². The first-order valence-corrected chi connectivity index (χ1v) is 8.70. The summed E-state index contributed by atoms with van der Waals surface area (Å²) in [6.45, 7) is 12.0. The Morgan fingerprint density at radius 3 is 2.65 bits per heavy atom. The summed E-state index contributed by atoms with van der Waals surface area (Å²) < 4.78 is 4.21. The molecular weight excluding hydrogens is 286 g/mol. The standard InChI is InChI=1S/C15H23N3S2/c1-6-8-16-12(11-7-9-19-10(11)2)13-14(15(3,4)5)17-18-20-13/h7,9,12,16H,6,8H2,1-5H3. The predicted molar refractivity (Wildman–Crippen MR) is 87.8 cm³/mol. The lowest BCUT2D eigenvalue weighted by Gasteiger charge is -2.23. The summed E-state index contributed by atoms with van der Waals surface area (Å²) in [5.41, 5.74) is 2.50. The molecule has 2 aromatic heterocycles. The van der Waals surface area contributed by atoms with E-state index >= 15 is 0 Å². The van der Waals surface area contributed by atoms with Crippen LogP contribution in [-0.2, 0) is 5.41 Å². The summed E-state index contributed by atoms with van der Waals surface area (Å²) in [5, 5.41) is 10.2. The van der Waals surface area contributed by atoms with Crippen LogP contribution in [0.2, 0.25) is 0 Å². The lowest BCUT2D eigenvalue weighted by molar-refractivity contribution is 0.538. The third kappa shape index (κ3) is 3.27. The Kier molecular flexibility index (Phi) is 4.94. The molecule has 0 amide bonds. The van der Waals surface area contributed by atoms with Gasteiger partial charge >= 0.3 is 0 Å². The summed E-state index contributed by atoms with van der Waals surface area (Å²) >= 11 is 3.32. The van der Waals surface area contributed by atoms with E-state index in [1.807, 2.05) is 0 Å². The third-order valence-electron chi connectivity index (χ3n) is 3.29. The first-order chi connectivity index (χ1) is 9.45. The van der Waals surface area contributed by atoms with Gasteiger partial charge in [0.15, 0.2) is 0 Å². The van der Waals surface area contributed by atoms with Gasteiger partial charge < -0.3 is 5.32 Å². The normalized spacial score (nSPS) is 13.7. The number of aromatic nitrogens is 2. The Morgan fingerprint density at radius 2 is 2.10 bits per heavy atom. The number of hydrogen-bond donors (Lipinski definition) is 1. The molecule has 1 atom stereocenters. The van der Waals surface area contributed by atoms with Gasteiger partial charge in [0.05, 0.1) is 16.6 Å². The van der Waals surface area contributed by atoms with Gasteiger partial charge in [-0.2, -0.15) is 0 Å². The molecule has 0 radical (unpaired) electrons. The zero-order valence-electron chi connectivity index (χ0n) is 12.9. The maximum atomic E-state index is 4.39. The fraction of sp³-hybridized carbons (Fsp3) is 0.600. The van der Waals surface area contributed by atoms with Crippen LogP contribution in [0.25, 0.3) is 0 Å². The molecule has 2 rings (SSSR count). The minimum absolute atomic E-state index is 0.0262. The maximum absolute atomic E-state index is 4.39. The van der Waals surface area contributed by atoms with Gasteiger partial charge in [0.2, 0.25) is 0 Å². The van der Waals surface area contributed by atoms with E-state index in [9.17, 15) is 0 Å². The van der Waals surface area contributed by atoms with Crippen LogP contribution in [0.5, 0.6) is 0 Å². The molecule has 0 aliphatic heterocycles. The van der Waals surface area contributed by atoms with Gasteiger partial charge in [-0.05, 0) is 48.4 Å². The number of nitrogens with zero attached hydrogens (tertiary/aromatic N) is 2. The molecule has 1 N–H and O–H groups in total. The largest absolute Gasteiger partial charge is 0.305 e. The molecule has 110 valence electrons. The number of aryl methyl sites for hydroxylation is 1. The average molecular weight is 310 g/mol. The van der Waals surface area contributed by atoms with Crippen LogP contribution in [0.1, 0.15) is 61.2 Å². The van der Waals surface area contributed by atoms with Gasteiger partial charge in [0, 0.05) is 10.3 Å². The number of rotatable bonds is 5. The molecule has 0 aromatic carbocycles. The molecule has 0 aliphatic carbocycles. The maximum Gasteiger partial charge on any atom is 0.0860 e. The molecule has 2 heterocycles. The van der Waals surface area contributed by atoms with E-state index in [1.54, 1.807) is 11.3 Å². The van der Waals surface area contributed by atoms with E-state index in [4.69, 9.17) is 0 Å². The van der Waals surface area contributed by atoms with Crippen molar-refractivity contribution in [2.24, 2.45) is 0 Å². The van der Waals surface area contributed by atoms with Crippen molar-refractivity contribution in [2.45, 2.75) is 52.5 Å². The van der Waals surface area contributed by atoms with E-state index in [2.05, 4.69) is 61.0 Å². The summed E-state index contributed by atoms with van der Waals surface area (Å²) in [6.07, 6.45) is 1.12. The smallest absolute Gasteiger partial charge is 0.0860 e. The van der Waals surface area contributed by atoms with Crippen LogP contribution in [0.4, 0.5) is 0 Å². The first kappa shape index (κ1) is 15.6. The zero-order chi connectivity index (χ0) is 14.8. The summed E-state index contributed by atoms with van der Waals surface area (Å²) in [4.78, 5) is 2.62. The van der Waals surface area contributed by atoms with Gasteiger partial charge in [-0.3, -0.25) is 0 Å². The molecule has 0 fully saturated rings. The summed E-state index contributed by atoms with van der Waals surface area (Å²) in [7, 11) is 0. The van der Waals surface area contributed by atoms with E-state index < -0.39 is 0 Å². The Labute approximate surface area is 129 Å². The van der Waals surface area contributed by atoms with Crippen molar-refractivity contribution in [3.05, 3.63) is 32.5 Å². The lowest BCUT2D eigenvalue weighted by Crippen LogP contribution is -2.26. The second kappa shape index (κ2) is 6.33. The van der Waals surface area contributed by atoms with Crippen LogP contribution in [-0.4, -0.2) is 16.1 Å². The highest BCUT2D eigenvalue weighted by atomic mass is 32.1. The topological polar surface area (TPSA) is 37.8 Å². The summed E-state index contributed by atoms with van der Waals surface area (Å²) in [5.74, 6) is 0. The fourth-order valence-corrected chi connectivity index (χ4v) is 3.93. The van der Waals surface area contributed by atoms with Crippen molar-refractivity contribution < 1.29 is 0 Å². The van der Waals surface area contributed by atoms with E-state index in [-0.39, 0.29) is 11.5 Å². The van der Waals surface area contributed by atoms with E-state index in [0.29, 0.717) is 0 Å². The van der Waals surface area contributed by atoms with Crippen LogP contribution in [0.3, 0.4) is 0 Å². The monoisotopic (exact) mass is 309 g/mol. The highest BCUT2D eigenvalue weighted by Crippen LogP contribution is 2.35. The van der Waals surface area contributed by atoms with Gasteiger partial charge in [-0.25, -0.2) is 0 Å². The Balaban J connectivity index is 2.42. The molecule has 0 spiro atoms. The number of nitrogens with one attached hydrogen (secondary N) is 1. The molecule has 20 heavy (non-hydrogen) atoms. The van der Waals surface area contributed by atoms with Crippen LogP contribution >= 0.6 is 22.9 Å². The molecule has 2 aromatic rings. The van der Waals surface area contributed by atoms with Crippen LogP contribution in [0.15, 0.2) is 11.4 Å². The predicted octanol–water partition coefficient (Wildman–Crippen LogP) is 4.29. The Hall–Kier alpha value is -0.780. The highest BCUT2D eigenvalue weighted by Gasteiger charge is 2.28. The Morgan fingerprint density at radius 1 is 1.35 bits per heavy atom. The number of hydrogen-bond acceptors (Lipinski definition) is 5. The minimum atomic E-state index is 0.0262. The lowest BCUT2D eigenvalue weighted by atomic mass is 9.89. The van der Waals surface area contributed by atoms with Crippen molar-refractivity contribution in [2.75, 3.05) is 6.54 Å². The van der Waals surface area contributed by atoms with Crippen molar-refractivity contribution in [1.29, 1.82) is 0 Å².